The number of fused-ring (bicyclic) bond motifs is 9. The molecule has 0 aliphatic carbocycles. The minimum atomic E-state index is 1.17. The van der Waals surface area contributed by atoms with Crippen LogP contribution in [0.25, 0.3) is 115 Å². The van der Waals surface area contributed by atoms with Crippen molar-refractivity contribution in [1.82, 2.24) is 4.57 Å². The molecule has 0 N–H and O–H groups in total. The Labute approximate surface area is 342 Å². The summed E-state index contributed by atoms with van der Waals surface area (Å²) in [7, 11) is 0. The summed E-state index contributed by atoms with van der Waals surface area (Å²) in [6.07, 6.45) is 0. The van der Waals surface area contributed by atoms with Crippen LogP contribution in [0.3, 0.4) is 0 Å². The summed E-state index contributed by atoms with van der Waals surface area (Å²) < 4.78 is 2.39. The van der Waals surface area contributed by atoms with Crippen LogP contribution in [-0.2, 0) is 0 Å². The minimum Gasteiger partial charge on any atom is -0.309 e. The molecule has 1 nitrogen and oxygen atoms in total. The zero-order chi connectivity index (χ0) is 38.9. The third-order valence-corrected chi connectivity index (χ3v) is 12.3. The topological polar surface area (TPSA) is 4.93 Å². The summed E-state index contributed by atoms with van der Waals surface area (Å²) in [6.45, 7) is 0. The number of rotatable bonds is 5. The van der Waals surface area contributed by atoms with Crippen molar-refractivity contribution in [3.8, 4) is 50.2 Å². The number of hydrogen-bond acceptors (Lipinski definition) is 0. The zero-order valence-corrected chi connectivity index (χ0v) is 32.3. The number of para-hydroxylation sites is 2. The van der Waals surface area contributed by atoms with Crippen molar-refractivity contribution in [3.05, 3.63) is 224 Å². The smallest absolute Gasteiger partial charge is 0.0541 e. The van der Waals surface area contributed by atoms with Gasteiger partial charge in [-0.15, -0.1) is 0 Å². The monoisotopic (exact) mass is 747 g/mol. The second kappa shape index (κ2) is 13.4. The molecule has 0 unspecified atom stereocenters. The van der Waals surface area contributed by atoms with E-state index in [2.05, 4.69) is 229 Å². The predicted octanol–water partition coefficient (Wildman–Crippen LogP) is 16.1. The highest BCUT2D eigenvalue weighted by Gasteiger charge is 2.18. The number of hydrogen-bond donors (Lipinski definition) is 0. The first kappa shape index (κ1) is 33.4. The van der Waals surface area contributed by atoms with Gasteiger partial charge in [0, 0.05) is 16.5 Å². The summed E-state index contributed by atoms with van der Waals surface area (Å²) in [4.78, 5) is 0. The van der Waals surface area contributed by atoms with Crippen molar-refractivity contribution >= 4 is 64.9 Å². The van der Waals surface area contributed by atoms with Gasteiger partial charge in [0.25, 0.3) is 0 Å². The highest BCUT2D eigenvalue weighted by Crippen LogP contribution is 2.44. The molecule has 0 spiro atoms. The van der Waals surface area contributed by atoms with Crippen LogP contribution in [0, 0.1) is 0 Å². The van der Waals surface area contributed by atoms with Crippen molar-refractivity contribution in [1.29, 1.82) is 0 Å². The fraction of sp³-hybridized carbons (Fsp3) is 0. The number of benzene rings is 11. The maximum Gasteiger partial charge on any atom is 0.0541 e. The third-order valence-electron chi connectivity index (χ3n) is 12.3. The Morgan fingerprint density at radius 1 is 0.220 bits per heavy atom. The molecule has 12 aromatic rings. The van der Waals surface area contributed by atoms with E-state index in [1.807, 2.05) is 0 Å². The van der Waals surface area contributed by atoms with Crippen LogP contribution in [0.4, 0.5) is 0 Å². The van der Waals surface area contributed by atoms with Crippen LogP contribution >= 0.6 is 0 Å². The van der Waals surface area contributed by atoms with E-state index >= 15 is 0 Å². The van der Waals surface area contributed by atoms with Crippen LogP contribution in [0.2, 0.25) is 0 Å². The molecule has 0 radical (unpaired) electrons. The first-order valence-corrected chi connectivity index (χ1v) is 20.4. The van der Waals surface area contributed by atoms with Gasteiger partial charge in [-0.25, -0.2) is 0 Å². The summed E-state index contributed by atoms with van der Waals surface area (Å²) >= 11 is 0. The summed E-state index contributed by atoms with van der Waals surface area (Å²) in [5, 5.41) is 12.6. The molecule has 0 saturated carbocycles. The van der Waals surface area contributed by atoms with Gasteiger partial charge in [0.2, 0.25) is 0 Å². The summed E-state index contributed by atoms with van der Waals surface area (Å²) in [5.74, 6) is 0. The van der Waals surface area contributed by atoms with E-state index in [0.717, 1.165) is 0 Å². The SMILES string of the molecule is c1ccc(-n2c3ccccc3c3cc(-c4ccccc4-c4cc(-c5cc6ccccc6c6ccccc56)cc(-c5cc6ccccc6c6ccccc56)c4)ccc32)cc1. The maximum atomic E-state index is 2.42. The Morgan fingerprint density at radius 3 is 1.24 bits per heavy atom. The molecule has 1 heteroatoms. The Balaban J connectivity index is 1.13. The van der Waals surface area contributed by atoms with Crippen LogP contribution in [0.1, 0.15) is 0 Å². The molecule has 0 aliphatic heterocycles. The fourth-order valence-corrected chi connectivity index (χ4v) is 9.66. The normalized spacial score (nSPS) is 11.7. The molecule has 0 saturated heterocycles. The zero-order valence-electron chi connectivity index (χ0n) is 32.3. The second-order valence-electron chi connectivity index (χ2n) is 15.6. The van der Waals surface area contributed by atoms with Gasteiger partial charge in [-0.1, -0.05) is 164 Å². The van der Waals surface area contributed by atoms with E-state index in [4.69, 9.17) is 0 Å². The average molecular weight is 748 g/mol. The molecule has 0 fully saturated rings. The molecule has 11 aromatic carbocycles. The predicted molar refractivity (Wildman–Crippen MR) is 253 cm³/mol. The number of nitrogens with zero attached hydrogens (tertiary/aromatic N) is 1. The lowest BCUT2D eigenvalue weighted by molar-refractivity contribution is 1.18. The van der Waals surface area contributed by atoms with Crippen molar-refractivity contribution in [3.63, 3.8) is 0 Å². The summed E-state index contributed by atoms with van der Waals surface area (Å²) in [6, 6.07) is 82.8. The van der Waals surface area contributed by atoms with Crippen molar-refractivity contribution < 1.29 is 0 Å². The van der Waals surface area contributed by atoms with Gasteiger partial charge in [-0.2, -0.15) is 0 Å². The van der Waals surface area contributed by atoms with Gasteiger partial charge in [-0.05, 0) is 148 Å². The molecular weight excluding hydrogens is 711 g/mol. The Kier molecular flexibility index (Phi) is 7.61. The van der Waals surface area contributed by atoms with Gasteiger partial charge < -0.3 is 4.57 Å². The molecular formula is C58H37N. The quantitative estimate of drug-likeness (QED) is 0.155. The number of aromatic nitrogens is 1. The van der Waals surface area contributed by atoms with Gasteiger partial charge >= 0.3 is 0 Å². The Morgan fingerprint density at radius 2 is 0.644 bits per heavy atom. The third kappa shape index (κ3) is 5.40. The first-order valence-electron chi connectivity index (χ1n) is 20.4. The standard InChI is InChI=1S/C58H37N/c1-2-18-44(19-3-1)59-57-29-15-14-28-53(57)56-37-40(30-31-58(56)59)45-20-8-9-23-48(45)41-32-42(54-35-38-16-4-6-21-46(38)49-24-10-12-26-51(49)54)34-43(33-41)55-36-39-17-5-7-22-47(39)50-25-11-13-27-52(50)55/h1-37H. The van der Waals surface area contributed by atoms with E-state index in [1.54, 1.807) is 0 Å². The van der Waals surface area contributed by atoms with E-state index in [0.29, 0.717) is 0 Å². The van der Waals surface area contributed by atoms with Crippen molar-refractivity contribution in [2.75, 3.05) is 0 Å². The van der Waals surface area contributed by atoms with E-state index in [9.17, 15) is 0 Å². The molecule has 274 valence electrons. The highest BCUT2D eigenvalue weighted by atomic mass is 15.0. The Bertz CT molecular complexity index is 3470. The second-order valence-corrected chi connectivity index (χ2v) is 15.6. The largest absolute Gasteiger partial charge is 0.309 e. The Hall–Kier alpha value is -7.74. The highest BCUT2D eigenvalue weighted by molar-refractivity contribution is 6.16. The maximum absolute atomic E-state index is 2.42. The van der Waals surface area contributed by atoms with E-state index in [-0.39, 0.29) is 0 Å². The van der Waals surface area contributed by atoms with Crippen LogP contribution in [0.5, 0.6) is 0 Å². The van der Waals surface area contributed by atoms with Crippen LogP contribution < -0.4 is 0 Å². The van der Waals surface area contributed by atoms with Gasteiger partial charge in [-0.3, -0.25) is 0 Å². The molecule has 0 aliphatic rings. The lowest BCUT2D eigenvalue weighted by Crippen LogP contribution is -1.93. The van der Waals surface area contributed by atoms with E-state index in [1.165, 1.54) is 115 Å². The lowest BCUT2D eigenvalue weighted by Gasteiger charge is -2.18. The van der Waals surface area contributed by atoms with Crippen molar-refractivity contribution in [2.45, 2.75) is 0 Å². The van der Waals surface area contributed by atoms with E-state index < -0.39 is 0 Å². The van der Waals surface area contributed by atoms with Crippen LogP contribution in [-0.4, -0.2) is 4.57 Å². The van der Waals surface area contributed by atoms with Gasteiger partial charge in [0.05, 0.1) is 11.0 Å². The van der Waals surface area contributed by atoms with Crippen molar-refractivity contribution in [2.24, 2.45) is 0 Å². The van der Waals surface area contributed by atoms with Gasteiger partial charge in [0.1, 0.15) is 0 Å². The molecule has 0 bridgehead atoms. The molecule has 0 amide bonds. The fourth-order valence-electron chi connectivity index (χ4n) is 9.66. The summed E-state index contributed by atoms with van der Waals surface area (Å²) in [5.41, 5.74) is 13.3. The molecule has 59 heavy (non-hydrogen) atoms. The first-order chi connectivity index (χ1) is 29.3. The minimum absolute atomic E-state index is 1.17. The average Bonchev–Trinajstić information content (AvgIpc) is 3.65. The molecule has 12 rings (SSSR count). The molecule has 1 heterocycles. The molecule has 0 atom stereocenters. The van der Waals surface area contributed by atoms with Crippen LogP contribution in [0.15, 0.2) is 224 Å². The molecule has 1 aromatic heterocycles. The lowest BCUT2D eigenvalue weighted by atomic mass is 9.86. The van der Waals surface area contributed by atoms with Gasteiger partial charge in [0.15, 0.2) is 0 Å².